The number of primary amides is 1. The summed E-state index contributed by atoms with van der Waals surface area (Å²) in [6.07, 6.45) is 0.142. The molecule has 108 valence electrons. The zero-order valence-corrected chi connectivity index (χ0v) is 12.0. The van der Waals surface area contributed by atoms with Gasteiger partial charge in [-0.2, -0.15) is 11.8 Å². The number of hydrogen-bond acceptors (Lipinski definition) is 4. The number of halogens is 1. The fourth-order valence-electron chi connectivity index (χ4n) is 1.36. The lowest BCUT2D eigenvalue weighted by molar-refractivity contribution is -0.116. The van der Waals surface area contributed by atoms with Crippen LogP contribution in [0.25, 0.3) is 0 Å². The number of benzene rings is 1. The SMILES string of the molecule is NC(=O)CSCCC(=O)Nc1cc(Cl)ccc1C(=O)O. The number of carbonyl (C=O) groups is 3. The fourth-order valence-corrected chi connectivity index (χ4v) is 2.20. The second kappa shape index (κ2) is 7.76. The van der Waals surface area contributed by atoms with E-state index < -0.39 is 11.9 Å². The Morgan fingerprint density at radius 1 is 1.35 bits per heavy atom. The van der Waals surface area contributed by atoms with Crippen molar-refractivity contribution in [3.8, 4) is 0 Å². The number of rotatable bonds is 7. The number of thioether (sulfide) groups is 1. The van der Waals surface area contributed by atoms with Crippen molar-refractivity contribution >= 4 is 46.8 Å². The summed E-state index contributed by atoms with van der Waals surface area (Å²) >= 11 is 7.00. The molecule has 0 unspecified atom stereocenters. The van der Waals surface area contributed by atoms with Crippen LogP contribution in [0.4, 0.5) is 5.69 Å². The monoisotopic (exact) mass is 316 g/mol. The van der Waals surface area contributed by atoms with Crippen molar-refractivity contribution in [3.63, 3.8) is 0 Å². The second-order valence-electron chi connectivity index (χ2n) is 3.81. The van der Waals surface area contributed by atoms with Crippen LogP contribution in [0.3, 0.4) is 0 Å². The number of carbonyl (C=O) groups excluding carboxylic acids is 2. The summed E-state index contributed by atoms with van der Waals surface area (Å²) in [4.78, 5) is 33.2. The summed E-state index contributed by atoms with van der Waals surface area (Å²) < 4.78 is 0. The van der Waals surface area contributed by atoms with Crippen molar-refractivity contribution in [2.75, 3.05) is 16.8 Å². The minimum atomic E-state index is -1.15. The number of carboxylic acid groups (broad SMARTS) is 1. The molecular formula is C12H13ClN2O4S. The normalized spacial score (nSPS) is 10.1. The van der Waals surface area contributed by atoms with Crippen LogP contribution < -0.4 is 11.1 Å². The van der Waals surface area contributed by atoms with E-state index in [1.807, 2.05) is 0 Å². The van der Waals surface area contributed by atoms with Gasteiger partial charge in [0.05, 0.1) is 17.0 Å². The number of carboxylic acids is 1. The Morgan fingerprint density at radius 3 is 2.65 bits per heavy atom. The standard InChI is InChI=1S/C12H13ClN2O4S/c13-7-1-2-8(12(18)19)9(5-7)15-11(17)3-4-20-6-10(14)16/h1-2,5H,3-4,6H2,(H2,14,16)(H,15,17)(H,18,19). The number of aromatic carboxylic acids is 1. The summed E-state index contributed by atoms with van der Waals surface area (Å²) in [7, 11) is 0. The number of nitrogens with one attached hydrogen (secondary N) is 1. The van der Waals surface area contributed by atoms with Crippen molar-refractivity contribution < 1.29 is 19.5 Å². The van der Waals surface area contributed by atoms with Gasteiger partial charge in [0.25, 0.3) is 0 Å². The van der Waals surface area contributed by atoms with Crippen LogP contribution in [-0.2, 0) is 9.59 Å². The maximum absolute atomic E-state index is 11.7. The predicted octanol–water partition coefficient (Wildman–Crippen LogP) is 1.59. The zero-order chi connectivity index (χ0) is 15.1. The van der Waals surface area contributed by atoms with E-state index in [1.165, 1.54) is 30.0 Å². The van der Waals surface area contributed by atoms with Crippen LogP contribution in [-0.4, -0.2) is 34.4 Å². The lowest BCUT2D eigenvalue weighted by atomic mass is 10.2. The summed E-state index contributed by atoms with van der Waals surface area (Å²) in [5.74, 6) is -1.40. The second-order valence-corrected chi connectivity index (χ2v) is 5.35. The van der Waals surface area contributed by atoms with Crippen LogP contribution in [0.5, 0.6) is 0 Å². The molecule has 2 amide bonds. The van der Waals surface area contributed by atoms with E-state index in [-0.39, 0.29) is 29.3 Å². The van der Waals surface area contributed by atoms with Gasteiger partial charge in [-0.1, -0.05) is 11.6 Å². The van der Waals surface area contributed by atoms with E-state index in [0.29, 0.717) is 10.8 Å². The van der Waals surface area contributed by atoms with Crippen molar-refractivity contribution in [1.29, 1.82) is 0 Å². The molecule has 0 saturated heterocycles. The van der Waals surface area contributed by atoms with E-state index in [1.54, 1.807) is 0 Å². The summed E-state index contributed by atoms with van der Waals surface area (Å²) in [6, 6.07) is 4.13. The molecule has 1 aromatic rings. The third-order valence-electron chi connectivity index (χ3n) is 2.20. The molecule has 6 nitrogen and oxygen atoms in total. The van der Waals surface area contributed by atoms with Crippen LogP contribution >= 0.6 is 23.4 Å². The van der Waals surface area contributed by atoms with Crippen LogP contribution in [0.15, 0.2) is 18.2 Å². The molecule has 0 aliphatic heterocycles. The van der Waals surface area contributed by atoms with E-state index in [0.717, 1.165) is 0 Å². The highest BCUT2D eigenvalue weighted by atomic mass is 35.5. The van der Waals surface area contributed by atoms with Gasteiger partial charge >= 0.3 is 5.97 Å². The van der Waals surface area contributed by atoms with Crippen molar-refractivity contribution in [1.82, 2.24) is 0 Å². The molecule has 4 N–H and O–H groups in total. The summed E-state index contributed by atoms with van der Waals surface area (Å²) in [5.41, 5.74) is 5.08. The number of amides is 2. The first-order chi connectivity index (χ1) is 9.40. The molecule has 8 heteroatoms. The van der Waals surface area contributed by atoms with Gasteiger partial charge in [-0.3, -0.25) is 9.59 Å². The molecule has 0 radical (unpaired) electrons. The first-order valence-electron chi connectivity index (χ1n) is 5.59. The molecule has 0 heterocycles. The summed E-state index contributed by atoms with van der Waals surface area (Å²) in [5, 5.41) is 11.8. The Kier molecular flexibility index (Phi) is 6.33. The van der Waals surface area contributed by atoms with Crippen molar-refractivity contribution in [2.24, 2.45) is 5.73 Å². The number of hydrogen-bond donors (Lipinski definition) is 3. The molecule has 0 aromatic heterocycles. The Bertz CT molecular complexity index is 536. The molecule has 1 aromatic carbocycles. The zero-order valence-electron chi connectivity index (χ0n) is 10.4. The lowest BCUT2D eigenvalue weighted by Gasteiger charge is -2.08. The van der Waals surface area contributed by atoms with Crippen molar-refractivity contribution in [3.05, 3.63) is 28.8 Å². The van der Waals surface area contributed by atoms with Crippen LogP contribution in [0, 0.1) is 0 Å². The largest absolute Gasteiger partial charge is 0.478 e. The summed E-state index contributed by atoms with van der Waals surface area (Å²) in [6.45, 7) is 0. The molecule has 0 fully saturated rings. The topological polar surface area (TPSA) is 109 Å². The molecule has 1 rings (SSSR count). The fraction of sp³-hybridized carbons (Fsp3) is 0.250. The van der Waals surface area contributed by atoms with E-state index in [2.05, 4.69) is 5.32 Å². The highest BCUT2D eigenvalue weighted by Gasteiger charge is 2.13. The third-order valence-corrected chi connectivity index (χ3v) is 3.42. The molecule has 0 aliphatic carbocycles. The first kappa shape index (κ1) is 16.3. The Balaban J connectivity index is 2.59. The Hall–Kier alpha value is -1.73. The van der Waals surface area contributed by atoms with Gasteiger partial charge in [-0.25, -0.2) is 4.79 Å². The van der Waals surface area contributed by atoms with Gasteiger partial charge in [0.1, 0.15) is 0 Å². The highest BCUT2D eigenvalue weighted by molar-refractivity contribution is 7.99. The van der Waals surface area contributed by atoms with Gasteiger partial charge in [0.15, 0.2) is 0 Å². The third kappa shape index (κ3) is 5.50. The molecule has 0 atom stereocenters. The minimum Gasteiger partial charge on any atom is -0.478 e. The van der Waals surface area contributed by atoms with Gasteiger partial charge in [-0.05, 0) is 18.2 Å². The highest BCUT2D eigenvalue weighted by Crippen LogP contribution is 2.21. The van der Waals surface area contributed by atoms with Gasteiger partial charge in [0.2, 0.25) is 11.8 Å². The molecule has 0 bridgehead atoms. The van der Waals surface area contributed by atoms with Gasteiger partial charge in [0, 0.05) is 17.2 Å². The van der Waals surface area contributed by atoms with Gasteiger partial charge < -0.3 is 16.2 Å². The lowest BCUT2D eigenvalue weighted by Crippen LogP contribution is -2.17. The molecule has 0 spiro atoms. The number of anilines is 1. The quantitative estimate of drug-likeness (QED) is 0.662. The first-order valence-corrected chi connectivity index (χ1v) is 7.12. The smallest absolute Gasteiger partial charge is 0.337 e. The maximum Gasteiger partial charge on any atom is 0.337 e. The van der Waals surface area contributed by atoms with E-state index in [4.69, 9.17) is 22.4 Å². The molecule has 20 heavy (non-hydrogen) atoms. The van der Waals surface area contributed by atoms with Gasteiger partial charge in [-0.15, -0.1) is 0 Å². The van der Waals surface area contributed by atoms with Crippen LogP contribution in [0.1, 0.15) is 16.8 Å². The van der Waals surface area contributed by atoms with Crippen molar-refractivity contribution in [2.45, 2.75) is 6.42 Å². The Labute approximate surface area is 124 Å². The van der Waals surface area contributed by atoms with E-state index >= 15 is 0 Å². The Morgan fingerprint density at radius 2 is 2.05 bits per heavy atom. The average Bonchev–Trinajstić information content (AvgIpc) is 2.34. The molecular weight excluding hydrogens is 304 g/mol. The maximum atomic E-state index is 11.7. The molecule has 0 aliphatic rings. The van der Waals surface area contributed by atoms with Crippen LogP contribution in [0.2, 0.25) is 5.02 Å². The predicted molar refractivity (Wildman–Crippen MR) is 78.2 cm³/mol. The molecule has 0 saturated carbocycles. The minimum absolute atomic E-state index is 0.0347. The number of nitrogens with two attached hydrogens (primary N) is 1. The van der Waals surface area contributed by atoms with E-state index in [9.17, 15) is 14.4 Å². The average molecular weight is 317 g/mol.